The third-order valence-corrected chi connectivity index (χ3v) is 5.19. The summed E-state index contributed by atoms with van der Waals surface area (Å²) in [6, 6.07) is 17.3. The van der Waals surface area contributed by atoms with Gasteiger partial charge in [0.15, 0.2) is 0 Å². The highest BCUT2D eigenvalue weighted by Gasteiger charge is 2.13. The SMILES string of the molecule is CN(C)Cc1ccc(-c2ccc(CN3CCCN(C)CC3)cc2C#N)cc1. The average Bonchev–Trinajstić information content (AvgIpc) is 2.86. The van der Waals surface area contributed by atoms with Crippen LogP contribution in [0, 0.1) is 11.3 Å². The quantitative estimate of drug-likeness (QED) is 0.816. The van der Waals surface area contributed by atoms with E-state index in [4.69, 9.17) is 0 Å². The topological polar surface area (TPSA) is 33.5 Å². The van der Waals surface area contributed by atoms with Crippen LogP contribution in [0.1, 0.15) is 23.1 Å². The molecule has 0 saturated carbocycles. The molecule has 0 spiro atoms. The molecule has 0 N–H and O–H groups in total. The van der Waals surface area contributed by atoms with Crippen molar-refractivity contribution in [2.24, 2.45) is 0 Å². The molecule has 142 valence electrons. The molecule has 4 nitrogen and oxygen atoms in total. The molecule has 1 heterocycles. The van der Waals surface area contributed by atoms with Crippen LogP contribution in [0.25, 0.3) is 11.1 Å². The highest BCUT2D eigenvalue weighted by atomic mass is 15.2. The van der Waals surface area contributed by atoms with Crippen molar-refractivity contribution in [2.75, 3.05) is 47.3 Å². The van der Waals surface area contributed by atoms with Crippen molar-refractivity contribution in [2.45, 2.75) is 19.5 Å². The van der Waals surface area contributed by atoms with E-state index < -0.39 is 0 Å². The van der Waals surface area contributed by atoms with Crippen LogP contribution in [0.15, 0.2) is 42.5 Å². The Kier molecular flexibility index (Phi) is 6.63. The standard InChI is InChI=1S/C23H30N4/c1-25(2)17-19-5-8-21(9-6-19)23-10-7-20(15-22(23)16-24)18-27-12-4-11-26(3)13-14-27/h5-10,15H,4,11-14,17-18H2,1-3H3. The van der Waals surface area contributed by atoms with Crippen molar-refractivity contribution < 1.29 is 0 Å². The lowest BCUT2D eigenvalue weighted by atomic mass is 9.97. The summed E-state index contributed by atoms with van der Waals surface area (Å²) in [5.41, 5.74) is 5.40. The van der Waals surface area contributed by atoms with E-state index in [1.807, 2.05) is 0 Å². The van der Waals surface area contributed by atoms with Crippen molar-refractivity contribution in [3.63, 3.8) is 0 Å². The number of nitrogens with zero attached hydrogens (tertiary/aromatic N) is 4. The van der Waals surface area contributed by atoms with Gasteiger partial charge in [-0.05, 0) is 69.0 Å². The molecule has 0 aromatic heterocycles. The van der Waals surface area contributed by atoms with Crippen LogP contribution in [-0.2, 0) is 13.1 Å². The molecule has 0 amide bonds. The lowest BCUT2D eigenvalue weighted by Crippen LogP contribution is -2.28. The second-order valence-corrected chi connectivity index (χ2v) is 7.86. The fraction of sp³-hybridized carbons (Fsp3) is 0.435. The number of rotatable bonds is 5. The van der Waals surface area contributed by atoms with Crippen LogP contribution in [0.5, 0.6) is 0 Å². The lowest BCUT2D eigenvalue weighted by molar-refractivity contribution is 0.269. The van der Waals surface area contributed by atoms with Gasteiger partial charge in [-0.25, -0.2) is 0 Å². The minimum absolute atomic E-state index is 0.764. The van der Waals surface area contributed by atoms with Gasteiger partial charge in [0.25, 0.3) is 0 Å². The van der Waals surface area contributed by atoms with Crippen LogP contribution in [0.3, 0.4) is 0 Å². The third-order valence-electron chi connectivity index (χ3n) is 5.19. The van der Waals surface area contributed by atoms with Crippen molar-refractivity contribution in [3.05, 3.63) is 59.2 Å². The molecule has 2 aromatic carbocycles. The Morgan fingerprint density at radius 1 is 0.963 bits per heavy atom. The van der Waals surface area contributed by atoms with Crippen LogP contribution in [0.2, 0.25) is 0 Å². The molecule has 1 aliphatic heterocycles. The van der Waals surface area contributed by atoms with Gasteiger partial charge in [0, 0.05) is 26.2 Å². The maximum absolute atomic E-state index is 9.69. The van der Waals surface area contributed by atoms with E-state index in [0.717, 1.165) is 49.4 Å². The van der Waals surface area contributed by atoms with Crippen LogP contribution < -0.4 is 0 Å². The molecule has 0 unspecified atom stereocenters. The predicted molar refractivity (Wildman–Crippen MR) is 111 cm³/mol. The van der Waals surface area contributed by atoms with E-state index in [1.54, 1.807) is 0 Å². The molecule has 1 fully saturated rings. The van der Waals surface area contributed by atoms with Gasteiger partial charge in [-0.2, -0.15) is 5.26 Å². The molecule has 0 radical (unpaired) electrons. The first-order valence-electron chi connectivity index (χ1n) is 9.73. The molecule has 3 rings (SSSR count). The van der Waals surface area contributed by atoms with Gasteiger partial charge in [-0.15, -0.1) is 0 Å². The van der Waals surface area contributed by atoms with E-state index in [0.29, 0.717) is 0 Å². The second-order valence-electron chi connectivity index (χ2n) is 7.86. The summed E-state index contributed by atoms with van der Waals surface area (Å²) in [4.78, 5) is 7.05. The summed E-state index contributed by atoms with van der Waals surface area (Å²) in [5.74, 6) is 0. The molecule has 0 bridgehead atoms. The summed E-state index contributed by atoms with van der Waals surface area (Å²) in [6.07, 6.45) is 1.21. The molecule has 2 aromatic rings. The predicted octanol–water partition coefficient (Wildman–Crippen LogP) is 3.42. The smallest absolute Gasteiger partial charge is 0.0998 e. The molecule has 1 aliphatic rings. The second kappa shape index (κ2) is 9.14. The van der Waals surface area contributed by atoms with Crippen LogP contribution in [0.4, 0.5) is 0 Å². The monoisotopic (exact) mass is 362 g/mol. The maximum atomic E-state index is 9.69. The van der Waals surface area contributed by atoms with Gasteiger partial charge in [-0.3, -0.25) is 4.90 Å². The summed E-state index contributed by atoms with van der Waals surface area (Å²) >= 11 is 0. The van der Waals surface area contributed by atoms with Crippen LogP contribution in [-0.4, -0.2) is 62.0 Å². The Labute approximate surface area is 163 Å². The van der Waals surface area contributed by atoms with Crippen molar-refractivity contribution in [1.29, 1.82) is 5.26 Å². The fourth-order valence-electron chi connectivity index (χ4n) is 3.71. The number of hydrogen-bond donors (Lipinski definition) is 0. The summed E-state index contributed by atoms with van der Waals surface area (Å²) in [7, 11) is 6.33. The molecule has 1 saturated heterocycles. The molecular formula is C23H30N4. The van der Waals surface area contributed by atoms with Gasteiger partial charge >= 0.3 is 0 Å². The number of nitriles is 1. The highest BCUT2D eigenvalue weighted by Crippen LogP contribution is 2.25. The Hall–Kier alpha value is -2.19. The zero-order valence-corrected chi connectivity index (χ0v) is 16.8. The van der Waals surface area contributed by atoms with Gasteiger partial charge < -0.3 is 9.80 Å². The van der Waals surface area contributed by atoms with Crippen molar-refractivity contribution >= 4 is 0 Å². The van der Waals surface area contributed by atoms with E-state index in [9.17, 15) is 5.26 Å². The molecule has 27 heavy (non-hydrogen) atoms. The summed E-state index contributed by atoms with van der Waals surface area (Å²) in [6.45, 7) is 6.35. The number of hydrogen-bond acceptors (Lipinski definition) is 4. The Morgan fingerprint density at radius 2 is 1.70 bits per heavy atom. The first-order chi connectivity index (χ1) is 13.0. The highest BCUT2D eigenvalue weighted by molar-refractivity contribution is 5.71. The number of benzene rings is 2. The zero-order valence-electron chi connectivity index (χ0n) is 16.8. The van der Waals surface area contributed by atoms with Gasteiger partial charge in [-0.1, -0.05) is 36.4 Å². The van der Waals surface area contributed by atoms with Crippen molar-refractivity contribution in [1.82, 2.24) is 14.7 Å². The van der Waals surface area contributed by atoms with E-state index in [-0.39, 0.29) is 0 Å². The molecule has 0 aliphatic carbocycles. The molecule has 4 heteroatoms. The Balaban J connectivity index is 1.75. The average molecular weight is 363 g/mol. The zero-order chi connectivity index (χ0) is 19.2. The number of likely N-dealkylation sites (N-methyl/N-ethyl adjacent to an activating group) is 1. The first-order valence-corrected chi connectivity index (χ1v) is 9.73. The molecular weight excluding hydrogens is 332 g/mol. The van der Waals surface area contributed by atoms with E-state index >= 15 is 0 Å². The van der Waals surface area contributed by atoms with E-state index in [1.165, 1.54) is 24.1 Å². The lowest BCUT2D eigenvalue weighted by Gasteiger charge is -2.20. The maximum Gasteiger partial charge on any atom is 0.0998 e. The fourth-order valence-corrected chi connectivity index (χ4v) is 3.71. The third kappa shape index (κ3) is 5.40. The largest absolute Gasteiger partial charge is 0.305 e. The Morgan fingerprint density at radius 3 is 2.41 bits per heavy atom. The normalized spacial score (nSPS) is 16.3. The first kappa shape index (κ1) is 19.6. The summed E-state index contributed by atoms with van der Waals surface area (Å²) in [5, 5.41) is 9.69. The minimum Gasteiger partial charge on any atom is -0.305 e. The summed E-state index contributed by atoms with van der Waals surface area (Å²) < 4.78 is 0. The molecule has 0 atom stereocenters. The van der Waals surface area contributed by atoms with Gasteiger partial charge in [0.1, 0.15) is 0 Å². The van der Waals surface area contributed by atoms with Crippen LogP contribution >= 0.6 is 0 Å². The van der Waals surface area contributed by atoms with E-state index in [2.05, 4.69) is 84.4 Å². The van der Waals surface area contributed by atoms with Crippen molar-refractivity contribution in [3.8, 4) is 17.2 Å². The minimum atomic E-state index is 0.764. The Bertz CT molecular complexity index is 789. The van der Waals surface area contributed by atoms with Gasteiger partial charge in [0.2, 0.25) is 0 Å². The van der Waals surface area contributed by atoms with Gasteiger partial charge in [0.05, 0.1) is 11.6 Å².